The SMILES string of the molecule is CCCCOc1c2cc(Br)cc1Cc1cc(Br)cc(c1OCCCC)Cc1cc(Br)cc(c1OCCCC)Cc1cc(Br)cc(c1OCCCC)Cc1cc(Br)cc(c1OCCCC)Cc1cc(Br)cc(c1OCCCC)Cc1cc(Br)cc(c1OCCCC)Cc1cc(Br)cc(c1OCCCC)C2. The Balaban J connectivity index is 1.34. The molecule has 0 aliphatic heterocycles. The molecule has 8 aromatic carbocycles. The lowest BCUT2D eigenvalue weighted by Gasteiger charge is -2.24. The predicted octanol–water partition coefficient (Wildman–Crippen LogP) is 28.3. The molecule has 8 nitrogen and oxygen atoms in total. The Morgan fingerprint density at radius 2 is 0.260 bits per heavy atom. The Kier molecular flexibility index (Phi) is 35.1. The zero-order valence-electron chi connectivity index (χ0n) is 62.2. The van der Waals surface area contributed by atoms with Crippen molar-refractivity contribution >= 4 is 127 Å². The van der Waals surface area contributed by atoms with Gasteiger partial charge in [0.1, 0.15) is 46.0 Å². The van der Waals surface area contributed by atoms with E-state index in [1.807, 2.05) is 0 Å². The molecule has 16 bridgehead atoms. The number of rotatable bonds is 32. The lowest BCUT2D eigenvalue weighted by atomic mass is 9.91. The number of benzene rings is 8. The van der Waals surface area contributed by atoms with Gasteiger partial charge in [0.05, 0.1) is 52.9 Å². The van der Waals surface area contributed by atoms with Crippen LogP contribution in [0.5, 0.6) is 46.0 Å². The van der Waals surface area contributed by atoms with Crippen molar-refractivity contribution in [3.05, 3.63) is 222 Å². The highest BCUT2D eigenvalue weighted by Gasteiger charge is 2.28. The van der Waals surface area contributed by atoms with E-state index < -0.39 is 0 Å². The summed E-state index contributed by atoms with van der Waals surface area (Å²) in [4.78, 5) is 0. The van der Waals surface area contributed by atoms with E-state index in [0.29, 0.717) is 104 Å². The molecule has 0 fully saturated rings. The lowest BCUT2D eigenvalue weighted by molar-refractivity contribution is 0.297. The third-order valence-electron chi connectivity index (χ3n) is 18.7. The van der Waals surface area contributed by atoms with Gasteiger partial charge in [0.15, 0.2) is 0 Å². The van der Waals surface area contributed by atoms with Gasteiger partial charge in [0, 0.05) is 176 Å². The average Bonchev–Trinajstić information content (AvgIpc) is 0.789. The average molecular weight is 1930 g/mol. The molecule has 9 rings (SSSR count). The first kappa shape index (κ1) is 84.0. The van der Waals surface area contributed by atoms with Crippen molar-refractivity contribution in [1.82, 2.24) is 0 Å². The molecule has 0 spiro atoms. The molecule has 0 radical (unpaired) electrons. The molecule has 0 unspecified atom stereocenters. The summed E-state index contributed by atoms with van der Waals surface area (Å²) in [5.41, 5.74) is 17.0. The molecule has 1 aliphatic carbocycles. The minimum absolute atomic E-state index is 0.550. The molecule has 8 aromatic rings. The fraction of sp³-hybridized carbons (Fsp3) is 0.455. The van der Waals surface area contributed by atoms with Crippen molar-refractivity contribution in [2.45, 2.75) is 209 Å². The van der Waals surface area contributed by atoms with Crippen LogP contribution in [-0.4, -0.2) is 52.9 Å². The summed E-state index contributed by atoms with van der Waals surface area (Å²) in [6, 6.07) is 35.8. The molecule has 560 valence electrons. The second-order valence-electron chi connectivity index (χ2n) is 27.5. The molecule has 0 heterocycles. The molecular formula is C88H104Br8O8. The number of hydrogen-bond acceptors (Lipinski definition) is 8. The van der Waals surface area contributed by atoms with Gasteiger partial charge in [0.25, 0.3) is 0 Å². The van der Waals surface area contributed by atoms with Gasteiger partial charge in [-0.25, -0.2) is 0 Å². The van der Waals surface area contributed by atoms with E-state index in [0.717, 1.165) is 274 Å². The normalized spacial score (nSPS) is 12.5. The van der Waals surface area contributed by atoms with E-state index in [1.165, 1.54) is 0 Å². The van der Waals surface area contributed by atoms with Crippen molar-refractivity contribution < 1.29 is 37.9 Å². The summed E-state index contributed by atoms with van der Waals surface area (Å²) in [7, 11) is 0. The fourth-order valence-corrected chi connectivity index (χ4v) is 17.9. The van der Waals surface area contributed by atoms with Crippen LogP contribution < -0.4 is 37.9 Å². The van der Waals surface area contributed by atoms with Crippen LogP contribution in [0.1, 0.15) is 247 Å². The molecule has 16 heteroatoms. The van der Waals surface area contributed by atoms with Crippen LogP contribution in [0.25, 0.3) is 0 Å². The van der Waals surface area contributed by atoms with Crippen LogP contribution in [0.3, 0.4) is 0 Å². The van der Waals surface area contributed by atoms with Crippen molar-refractivity contribution in [1.29, 1.82) is 0 Å². The summed E-state index contributed by atoms with van der Waals surface area (Å²) in [5, 5.41) is 0. The van der Waals surface area contributed by atoms with Crippen LogP contribution in [0, 0.1) is 0 Å². The molecule has 0 amide bonds. The summed E-state index contributed by atoms with van der Waals surface area (Å²) in [6.45, 7) is 22.3. The van der Waals surface area contributed by atoms with Gasteiger partial charge in [-0.15, -0.1) is 0 Å². The fourth-order valence-electron chi connectivity index (χ4n) is 13.5. The highest BCUT2D eigenvalue weighted by atomic mass is 79.9. The van der Waals surface area contributed by atoms with E-state index in [1.54, 1.807) is 0 Å². The molecule has 1 aliphatic rings. The Bertz CT molecular complexity index is 3160. The van der Waals surface area contributed by atoms with Crippen LogP contribution >= 0.6 is 127 Å². The number of halogens is 8. The number of unbranched alkanes of at least 4 members (excludes halogenated alkanes) is 8. The van der Waals surface area contributed by atoms with Gasteiger partial charge in [-0.05, 0) is 148 Å². The zero-order chi connectivity index (χ0) is 74.1. The van der Waals surface area contributed by atoms with E-state index >= 15 is 0 Å². The second-order valence-corrected chi connectivity index (χ2v) is 34.8. The van der Waals surface area contributed by atoms with Gasteiger partial charge < -0.3 is 37.9 Å². The Labute approximate surface area is 688 Å². The van der Waals surface area contributed by atoms with Crippen LogP contribution in [0.2, 0.25) is 0 Å². The van der Waals surface area contributed by atoms with E-state index in [9.17, 15) is 0 Å². The van der Waals surface area contributed by atoms with E-state index in [4.69, 9.17) is 37.9 Å². The van der Waals surface area contributed by atoms with E-state index in [2.05, 4.69) is 280 Å². The topological polar surface area (TPSA) is 73.8 Å². The zero-order valence-corrected chi connectivity index (χ0v) is 74.8. The molecule has 0 saturated carbocycles. The number of ether oxygens (including phenoxy) is 8. The van der Waals surface area contributed by atoms with Crippen molar-refractivity contribution in [2.24, 2.45) is 0 Å². The summed E-state index contributed by atoms with van der Waals surface area (Å²) in [5.74, 6) is 7.04. The lowest BCUT2D eigenvalue weighted by Crippen LogP contribution is -2.11. The van der Waals surface area contributed by atoms with Gasteiger partial charge in [-0.1, -0.05) is 234 Å². The van der Waals surface area contributed by atoms with Gasteiger partial charge >= 0.3 is 0 Å². The van der Waals surface area contributed by atoms with Crippen molar-refractivity contribution in [3.63, 3.8) is 0 Å². The highest BCUT2D eigenvalue weighted by molar-refractivity contribution is 9.11. The van der Waals surface area contributed by atoms with Gasteiger partial charge in [0.2, 0.25) is 0 Å². The van der Waals surface area contributed by atoms with Gasteiger partial charge in [-0.3, -0.25) is 0 Å². The first-order chi connectivity index (χ1) is 50.5. The second kappa shape index (κ2) is 43.4. The summed E-state index contributed by atoms with van der Waals surface area (Å²) in [6.07, 6.45) is 19.7. The maximum Gasteiger partial charge on any atom is 0.126 e. The van der Waals surface area contributed by atoms with Gasteiger partial charge in [-0.2, -0.15) is 0 Å². The van der Waals surface area contributed by atoms with Crippen LogP contribution in [0.4, 0.5) is 0 Å². The van der Waals surface area contributed by atoms with Crippen LogP contribution in [0.15, 0.2) is 133 Å². The molecule has 0 saturated heterocycles. The minimum Gasteiger partial charge on any atom is -0.493 e. The standard InChI is InChI=1S/C88H104Br8O8/c1-9-17-25-97-81-57-33-59-43-74(90)45-61(82(59)98-26-18-10-2)35-63-47-76(92)49-65(84(63)100-28-20-12-4)37-67-51-78(94)53-69(86(67)102-30-22-14-6)39-71-55-80(96)56-72(88(71)104-32-24-16-8)40-70-54-79(95)52-68(87(70)103-31-23-15-7)38-66-50-77(93)48-64(85(66)101-29-21-13-5)36-62-46-75(91)44-60(83(62)99-27-19-11-3)34-58(81)42-73(89)41-57/h41-56H,9-40H2,1-8H3. The molecule has 104 heavy (non-hydrogen) atoms. The smallest absolute Gasteiger partial charge is 0.126 e. The summed E-state index contributed by atoms with van der Waals surface area (Å²) >= 11 is 32.6. The third kappa shape index (κ3) is 24.0. The van der Waals surface area contributed by atoms with Crippen LogP contribution in [-0.2, 0) is 51.4 Å². The van der Waals surface area contributed by atoms with Crippen molar-refractivity contribution in [2.75, 3.05) is 52.9 Å². The summed E-state index contributed by atoms with van der Waals surface area (Å²) < 4.78 is 64.8. The maximum atomic E-state index is 7.14. The quantitative estimate of drug-likeness (QED) is 0.0386. The maximum absolute atomic E-state index is 7.14. The Morgan fingerprint density at radius 3 is 0.337 bits per heavy atom. The number of hydrogen-bond donors (Lipinski definition) is 0. The Hall–Kier alpha value is -4.00. The largest absolute Gasteiger partial charge is 0.493 e. The first-order valence-electron chi connectivity index (χ1n) is 38.0. The van der Waals surface area contributed by atoms with E-state index in [-0.39, 0.29) is 0 Å². The molecule has 0 atom stereocenters. The third-order valence-corrected chi connectivity index (χ3v) is 22.3. The first-order valence-corrected chi connectivity index (χ1v) is 44.3. The molecular weight excluding hydrogens is 1820 g/mol. The Morgan fingerprint density at radius 1 is 0.173 bits per heavy atom. The van der Waals surface area contributed by atoms with Crippen molar-refractivity contribution in [3.8, 4) is 46.0 Å². The molecule has 0 N–H and O–H groups in total. The monoisotopic (exact) mass is 1920 g/mol. The predicted molar refractivity (Wildman–Crippen MR) is 459 cm³/mol. The number of fused-ring (bicyclic) bond motifs is 16. The highest BCUT2D eigenvalue weighted by Crippen LogP contribution is 2.46. The minimum atomic E-state index is 0.550. The molecule has 0 aromatic heterocycles.